The summed E-state index contributed by atoms with van der Waals surface area (Å²) in [5.41, 5.74) is 6.49. The number of methoxy groups -OCH3 is 1. The predicted molar refractivity (Wildman–Crippen MR) is 48.0 cm³/mol. The van der Waals surface area contributed by atoms with Crippen LogP contribution in [-0.4, -0.2) is 14.0 Å². The molecule has 1 aromatic carbocycles. The maximum absolute atomic E-state index is 9.62. The third-order valence-electron chi connectivity index (χ3n) is 1.41. The summed E-state index contributed by atoms with van der Waals surface area (Å²) >= 11 is 0. The molecule has 74 valence electrons. The van der Waals surface area contributed by atoms with E-state index < -0.39 is 6.93 Å². The van der Waals surface area contributed by atoms with Crippen LogP contribution in [0.2, 0.25) is 0 Å². The molecular weight excluding hydrogens is 176 g/mol. The van der Waals surface area contributed by atoms with Gasteiger partial charge in [-0.2, -0.15) is 0 Å². The lowest BCUT2D eigenvalue weighted by atomic mass is 10.2. The highest BCUT2D eigenvalue weighted by molar-refractivity contribution is 5.32. The fourth-order valence-corrected chi connectivity index (χ4v) is 0.872. The molecule has 1 rings (SSSR count). The van der Waals surface area contributed by atoms with Gasteiger partial charge in [-0.15, -0.1) is 0 Å². The zero-order valence-corrected chi connectivity index (χ0v) is 7.47. The molecule has 0 radical (unpaired) electrons. The van der Waals surface area contributed by atoms with E-state index in [1.165, 1.54) is 0 Å². The minimum atomic E-state index is -1.75. The Balaban J connectivity index is 0.000000424. The minimum Gasteiger partial charge on any atom is -0.496 e. The zero-order valence-electron chi connectivity index (χ0n) is 7.47. The lowest BCUT2D eigenvalue weighted by Gasteiger charge is -2.03. The van der Waals surface area contributed by atoms with Crippen molar-refractivity contribution in [1.29, 1.82) is 0 Å². The van der Waals surface area contributed by atoms with Crippen molar-refractivity contribution >= 4 is 0 Å². The second-order valence-corrected chi connectivity index (χ2v) is 2.12. The SMILES string of the molecule is COc1ccccc1CN.FCF. The van der Waals surface area contributed by atoms with Crippen LogP contribution in [0.25, 0.3) is 0 Å². The average Bonchev–Trinajstić information content (AvgIpc) is 2.19. The first-order valence-corrected chi connectivity index (χ1v) is 3.74. The summed E-state index contributed by atoms with van der Waals surface area (Å²) in [6, 6.07) is 7.74. The third kappa shape index (κ3) is 4.42. The lowest BCUT2D eigenvalue weighted by molar-refractivity contribution is 0.295. The molecule has 0 aliphatic carbocycles. The maximum Gasteiger partial charge on any atom is 0.229 e. The van der Waals surface area contributed by atoms with Crippen molar-refractivity contribution in [2.45, 2.75) is 6.54 Å². The average molecular weight is 189 g/mol. The van der Waals surface area contributed by atoms with E-state index in [1.54, 1.807) is 7.11 Å². The quantitative estimate of drug-likeness (QED) is 0.772. The topological polar surface area (TPSA) is 35.2 Å². The van der Waals surface area contributed by atoms with Crippen molar-refractivity contribution in [3.05, 3.63) is 29.8 Å². The Morgan fingerprint density at radius 3 is 2.23 bits per heavy atom. The van der Waals surface area contributed by atoms with Gasteiger partial charge in [0.25, 0.3) is 0 Å². The lowest BCUT2D eigenvalue weighted by Crippen LogP contribution is -1.98. The van der Waals surface area contributed by atoms with Gasteiger partial charge in [0, 0.05) is 12.1 Å². The monoisotopic (exact) mass is 189 g/mol. The summed E-state index contributed by atoms with van der Waals surface area (Å²) in [4.78, 5) is 0. The first-order valence-electron chi connectivity index (χ1n) is 3.74. The molecule has 0 aromatic heterocycles. The van der Waals surface area contributed by atoms with E-state index in [0.717, 1.165) is 11.3 Å². The molecule has 2 nitrogen and oxygen atoms in total. The van der Waals surface area contributed by atoms with Crippen molar-refractivity contribution < 1.29 is 13.5 Å². The molecule has 0 spiro atoms. The van der Waals surface area contributed by atoms with Crippen molar-refractivity contribution in [2.75, 3.05) is 14.0 Å². The smallest absolute Gasteiger partial charge is 0.229 e. The van der Waals surface area contributed by atoms with Crippen molar-refractivity contribution in [3.63, 3.8) is 0 Å². The number of hydrogen-bond donors (Lipinski definition) is 1. The van der Waals surface area contributed by atoms with Gasteiger partial charge in [-0.3, -0.25) is 0 Å². The summed E-state index contributed by atoms with van der Waals surface area (Å²) in [5, 5.41) is 0. The van der Waals surface area contributed by atoms with E-state index >= 15 is 0 Å². The van der Waals surface area contributed by atoms with Crippen LogP contribution in [0.3, 0.4) is 0 Å². The number of alkyl halides is 2. The zero-order chi connectivity index (χ0) is 10.1. The van der Waals surface area contributed by atoms with E-state index in [0.29, 0.717) is 6.54 Å². The molecule has 1 aromatic rings. The molecular formula is C9H13F2NO. The third-order valence-corrected chi connectivity index (χ3v) is 1.41. The molecule has 0 aliphatic rings. The Bertz CT molecular complexity index is 208. The molecule has 0 atom stereocenters. The molecule has 0 bridgehead atoms. The van der Waals surface area contributed by atoms with Gasteiger partial charge in [0.05, 0.1) is 7.11 Å². The Hall–Kier alpha value is -1.16. The summed E-state index contributed by atoms with van der Waals surface area (Å²) in [6.07, 6.45) is 0. The van der Waals surface area contributed by atoms with Crippen LogP contribution in [-0.2, 0) is 6.54 Å². The Labute approximate surface area is 76.3 Å². The molecule has 0 saturated carbocycles. The molecule has 4 heteroatoms. The van der Waals surface area contributed by atoms with Crippen molar-refractivity contribution in [3.8, 4) is 5.75 Å². The van der Waals surface area contributed by atoms with E-state index in [-0.39, 0.29) is 0 Å². The Morgan fingerprint density at radius 1 is 1.31 bits per heavy atom. The molecule has 13 heavy (non-hydrogen) atoms. The molecule has 0 fully saturated rings. The van der Waals surface area contributed by atoms with Crippen molar-refractivity contribution in [1.82, 2.24) is 0 Å². The van der Waals surface area contributed by atoms with Crippen LogP contribution in [0.15, 0.2) is 24.3 Å². The molecule has 0 amide bonds. The Morgan fingerprint density at radius 2 is 1.85 bits per heavy atom. The van der Waals surface area contributed by atoms with Gasteiger partial charge in [-0.05, 0) is 6.07 Å². The second kappa shape index (κ2) is 7.49. The van der Waals surface area contributed by atoms with E-state index in [9.17, 15) is 8.78 Å². The fourth-order valence-electron chi connectivity index (χ4n) is 0.872. The highest BCUT2D eigenvalue weighted by Crippen LogP contribution is 2.15. The van der Waals surface area contributed by atoms with Gasteiger partial charge >= 0.3 is 0 Å². The number of ether oxygens (including phenoxy) is 1. The molecule has 0 unspecified atom stereocenters. The van der Waals surface area contributed by atoms with E-state index in [4.69, 9.17) is 10.5 Å². The van der Waals surface area contributed by atoms with Crippen LogP contribution in [0.4, 0.5) is 8.78 Å². The summed E-state index contributed by atoms with van der Waals surface area (Å²) in [5.74, 6) is 0.866. The first-order chi connectivity index (χ1) is 6.29. The highest BCUT2D eigenvalue weighted by Gasteiger charge is 1.95. The van der Waals surface area contributed by atoms with Crippen molar-refractivity contribution in [2.24, 2.45) is 5.73 Å². The van der Waals surface area contributed by atoms with Crippen LogP contribution < -0.4 is 10.5 Å². The molecule has 0 saturated heterocycles. The van der Waals surface area contributed by atoms with Gasteiger partial charge in [-0.25, -0.2) is 8.78 Å². The van der Waals surface area contributed by atoms with E-state index in [1.807, 2.05) is 24.3 Å². The van der Waals surface area contributed by atoms with Gasteiger partial charge in [0.2, 0.25) is 6.93 Å². The van der Waals surface area contributed by atoms with Crippen LogP contribution in [0.5, 0.6) is 5.75 Å². The van der Waals surface area contributed by atoms with Gasteiger partial charge in [0.15, 0.2) is 0 Å². The van der Waals surface area contributed by atoms with Gasteiger partial charge in [-0.1, -0.05) is 18.2 Å². The normalized spacial score (nSPS) is 8.62. The van der Waals surface area contributed by atoms with Crippen LogP contribution in [0, 0.1) is 0 Å². The second-order valence-electron chi connectivity index (χ2n) is 2.12. The first kappa shape index (κ1) is 11.8. The van der Waals surface area contributed by atoms with Gasteiger partial charge < -0.3 is 10.5 Å². The number of hydrogen-bond acceptors (Lipinski definition) is 2. The number of rotatable bonds is 2. The summed E-state index contributed by atoms with van der Waals surface area (Å²) < 4.78 is 24.3. The number of benzene rings is 1. The van der Waals surface area contributed by atoms with Crippen LogP contribution >= 0.6 is 0 Å². The summed E-state index contributed by atoms with van der Waals surface area (Å²) in [7, 11) is 1.65. The number of nitrogens with two attached hydrogens (primary N) is 1. The predicted octanol–water partition coefficient (Wildman–Crippen LogP) is 2.04. The largest absolute Gasteiger partial charge is 0.496 e. The Kier molecular flexibility index (Phi) is 6.82. The molecule has 0 heterocycles. The molecule has 2 N–H and O–H groups in total. The minimum absolute atomic E-state index is 0.532. The maximum atomic E-state index is 9.62. The fraction of sp³-hybridized carbons (Fsp3) is 0.333. The van der Waals surface area contributed by atoms with E-state index in [2.05, 4.69) is 0 Å². The van der Waals surface area contributed by atoms with Crippen LogP contribution in [0.1, 0.15) is 5.56 Å². The number of halogens is 2. The summed E-state index contributed by atoms with van der Waals surface area (Å²) in [6.45, 7) is -1.22. The molecule has 0 aliphatic heterocycles. The van der Waals surface area contributed by atoms with Gasteiger partial charge in [0.1, 0.15) is 5.75 Å². The number of para-hydroxylation sites is 1. The standard InChI is InChI=1S/C8H11NO.CH2F2/c1-10-8-5-3-2-4-7(8)6-9;2-1-3/h2-5H,6,9H2,1H3;1H2. The highest BCUT2D eigenvalue weighted by atomic mass is 19.3.